The average Bonchev–Trinajstić information content (AvgIpc) is 2.38. The van der Waals surface area contributed by atoms with Crippen LogP contribution in [0.5, 0.6) is 0 Å². The van der Waals surface area contributed by atoms with Crippen LogP contribution in [0.4, 0.5) is 0 Å². The van der Waals surface area contributed by atoms with Crippen LogP contribution in [0.3, 0.4) is 0 Å². The van der Waals surface area contributed by atoms with Gasteiger partial charge in [0.2, 0.25) is 0 Å². The maximum Gasteiger partial charge on any atom is 0.0198 e. The molecular weight excluding hydrogens is 130 g/mol. The molecule has 0 aromatic rings. The minimum Gasteiger partial charge on any atom is -0.259 e. The molecule has 1 nitrogen and oxygen atoms in total. The van der Waals surface area contributed by atoms with Gasteiger partial charge in [-0.05, 0) is 33.6 Å². The summed E-state index contributed by atoms with van der Waals surface area (Å²) < 4.78 is 3.40. The normalized spacial score (nSPS) is 20.3. The summed E-state index contributed by atoms with van der Waals surface area (Å²) in [5, 5.41) is 0.921. The standard InChI is InChI=1S/C7H15NS/c1-7(2,3)8-9-6-4-5-6/h6,8H,4-5H2,1-3H3. The Morgan fingerprint density at radius 3 is 2.22 bits per heavy atom. The third kappa shape index (κ3) is 3.82. The van der Waals surface area contributed by atoms with Gasteiger partial charge in [-0.25, -0.2) is 0 Å². The summed E-state index contributed by atoms with van der Waals surface area (Å²) in [4.78, 5) is 0. The number of hydrogen-bond acceptors (Lipinski definition) is 2. The molecule has 0 saturated heterocycles. The minimum atomic E-state index is 0.285. The molecule has 1 fully saturated rings. The Kier molecular flexibility index (Phi) is 2.07. The molecule has 0 heterocycles. The third-order valence-corrected chi connectivity index (χ3v) is 2.59. The van der Waals surface area contributed by atoms with Crippen LogP contribution < -0.4 is 4.72 Å². The van der Waals surface area contributed by atoms with Gasteiger partial charge in [0.05, 0.1) is 0 Å². The molecule has 1 rings (SSSR count). The average molecular weight is 145 g/mol. The molecule has 0 aromatic carbocycles. The van der Waals surface area contributed by atoms with Gasteiger partial charge in [-0.2, -0.15) is 0 Å². The van der Waals surface area contributed by atoms with E-state index < -0.39 is 0 Å². The van der Waals surface area contributed by atoms with Crippen molar-refractivity contribution in [3.63, 3.8) is 0 Å². The number of hydrogen-bond donors (Lipinski definition) is 1. The first-order valence-corrected chi connectivity index (χ1v) is 4.39. The van der Waals surface area contributed by atoms with E-state index in [9.17, 15) is 0 Å². The topological polar surface area (TPSA) is 12.0 Å². The van der Waals surface area contributed by atoms with Crippen molar-refractivity contribution in [2.75, 3.05) is 0 Å². The molecule has 1 saturated carbocycles. The van der Waals surface area contributed by atoms with E-state index >= 15 is 0 Å². The third-order valence-electron chi connectivity index (χ3n) is 1.06. The van der Waals surface area contributed by atoms with Crippen LogP contribution in [0.2, 0.25) is 0 Å². The quantitative estimate of drug-likeness (QED) is 0.598. The summed E-state index contributed by atoms with van der Waals surface area (Å²) in [7, 11) is 0. The van der Waals surface area contributed by atoms with Crippen molar-refractivity contribution < 1.29 is 0 Å². The molecule has 1 N–H and O–H groups in total. The summed E-state index contributed by atoms with van der Waals surface area (Å²) in [6, 6.07) is 0. The van der Waals surface area contributed by atoms with Crippen LogP contribution in [-0.4, -0.2) is 10.8 Å². The van der Waals surface area contributed by atoms with Crippen molar-refractivity contribution in [2.24, 2.45) is 0 Å². The molecule has 1 aliphatic carbocycles. The molecule has 0 radical (unpaired) electrons. The molecule has 0 aromatic heterocycles. The fourth-order valence-corrected chi connectivity index (χ4v) is 1.34. The van der Waals surface area contributed by atoms with Crippen LogP contribution in [0, 0.1) is 0 Å². The highest BCUT2D eigenvalue weighted by Crippen LogP contribution is 2.32. The molecule has 9 heavy (non-hydrogen) atoms. The first kappa shape index (κ1) is 7.42. The SMILES string of the molecule is CC(C)(C)NSC1CC1. The van der Waals surface area contributed by atoms with Crippen LogP contribution in [0.1, 0.15) is 33.6 Å². The van der Waals surface area contributed by atoms with E-state index in [1.807, 2.05) is 11.9 Å². The van der Waals surface area contributed by atoms with E-state index in [0.717, 1.165) is 5.25 Å². The van der Waals surface area contributed by atoms with E-state index in [-0.39, 0.29) is 5.54 Å². The lowest BCUT2D eigenvalue weighted by Gasteiger charge is -2.18. The summed E-state index contributed by atoms with van der Waals surface area (Å²) >= 11 is 1.90. The Morgan fingerprint density at radius 1 is 1.33 bits per heavy atom. The molecular formula is C7H15NS. The van der Waals surface area contributed by atoms with Crippen molar-refractivity contribution in [3.05, 3.63) is 0 Å². The van der Waals surface area contributed by atoms with Gasteiger partial charge < -0.3 is 0 Å². The van der Waals surface area contributed by atoms with Gasteiger partial charge in [0.25, 0.3) is 0 Å². The second kappa shape index (κ2) is 2.51. The second-order valence-corrected chi connectivity index (χ2v) is 4.78. The van der Waals surface area contributed by atoms with Crippen molar-refractivity contribution in [3.8, 4) is 0 Å². The summed E-state index contributed by atoms with van der Waals surface area (Å²) in [6.45, 7) is 6.59. The molecule has 0 amide bonds. The highest BCUT2D eigenvalue weighted by atomic mass is 32.2. The Hall–Kier alpha value is 0.310. The summed E-state index contributed by atoms with van der Waals surface area (Å²) in [5.74, 6) is 0. The molecule has 0 atom stereocenters. The van der Waals surface area contributed by atoms with Gasteiger partial charge in [0.1, 0.15) is 0 Å². The van der Waals surface area contributed by atoms with Gasteiger partial charge in [-0.15, -0.1) is 0 Å². The Morgan fingerprint density at radius 2 is 1.89 bits per heavy atom. The van der Waals surface area contributed by atoms with E-state index in [4.69, 9.17) is 0 Å². The van der Waals surface area contributed by atoms with Gasteiger partial charge in [-0.1, -0.05) is 11.9 Å². The van der Waals surface area contributed by atoms with E-state index in [0.29, 0.717) is 0 Å². The van der Waals surface area contributed by atoms with Crippen LogP contribution in [-0.2, 0) is 0 Å². The predicted octanol–water partition coefficient (Wildman–Crippen LogP) is 2.19. The minimum absolute atomic E-state index is 0.285. The van der Waals surface area contributed by atoms with Crippen molar-refractivity contribution >= 4 is 11.9 Å². The lowest BCUT2D eigenvalue weighted by atomic mass is 10.1. The number of rotatable bonds is 2. The zero-order valence-electron chi connectivity index (χ0n) is 6.40. The maximum atomic E-state index is 3.40. The Labute approximate surface area is 61.7 Å². The van der Waals surface area contributed by atoms with Crippen molar-refractivity contribution in [1.82, 2.24) is 4.72 Å². The molecule has 0 unspecified atom stereocenters. The van der Waals surface area contributed by atoms with Gasteiger partial charge in [0, 0.05) is 10.8 Å². The monoisotopic (exact) mass is 145 g/mol. The smallest absolute Gasteiger partial charge is 0.0198 e. The first-order valence-electron chi connectivity index (χ1n) is 3.51. The van der Waals surface area contributed by atoms with Gasteiger partial charge in [-0.3, -0.25) is 4.72 Å². The van der Waals surface area contributed by atoms with Crippen molar-refractivity contribution in [2.45, 2.75) is 44.4 Å². The molecule has 54 valence electrons. The highest BCUT2D eigenvalue weighted by molar-refractivity contribution is 7.98. The van der Waals surface area contributed by atoms with Gasteiger partial charge >= 0.3 is 0 Å². The molecule has 0 aliphatic heterocycles. The maximum absolute atomic E-state index is 3.40. The molecule has 1 aliphatic rings. The lowest BCUT2D eigenvalue weighted by Crippen LogP contribution is -2.30. The number of nitrogens with one attached hydrogen (secondary N) is 1. The fourth-order valence-electron chi connectivity index (χ4n) is 0.446. The molecule has 0 spiro atoms. The first-order chi connectivity index (χ1) is 4.08. The Bertz CT molecular complexity index is 91.6. The van der Waals surface area contributed by atoms with E-state index in [2.05, 4.69) is 25.5 Å². The van der Waals surface area contributed by atoms with Crippen LogP contribution >= 0.6 is 11.9 Å². The summed E-state index contributed by atoms with van der Waals surface area (Å²) in [6.07, 6.45) is 2.82. The second-order valence-electron chi connectivity index (χ2n) is 3.67. The zero-order valence-corrected chi connectivity index (χ0v) is 7.22. The summed E-state index contributed by atoms with van der Waals surface area (Å²) in [5.41, 5.74) is 0.285. The van der Waals surface area contributed by atoms with E-state index in [1.165, 1.54) is 12.8 Å². The highest BCUT2D eigenvalue weighted by Gasteiger charge is 2.23. The van der Waals surface area contributed by atoms with Crippen molar-refractivity contribution in [1.29, 1.82) is 0 Å². The predicted molar refractivity (Wildman–Crippen MR) is 43.5 cm³/mol. The van der Waals surface area contributed by atoms with E-state index in [1.54, 1.807) is 0 Å². The van der Waals surface area contributed by atoms with Gasteiger partial charge in [0.15, 0.2) is 0 Å². The lowest BCUT2D eigenvalue weighted by molar-refractivity contribution is 0.535. The van der Waals surface area contributed by atoms with Crippen LogP contribution in [0.25, 0.3) is 0 Å². The Balaban J connectivity index is 2.03. The zero-order chi connectivity index (χ0) is 6.91. The van der Waals surface area contributed by atoms with Crippen LogP contribution in [0.15, 0.2) is 0 Å². The fraction of sp³-hybridized carbons (Fsp3) is 1.00. The largest absolute Gasteiger partial charge is 0.259 e. The molecule has 2 heteroatoms. The molecule has 0 bridgehead atoms.